The number of nitrogens with zero attached hydrogens (tertiary/aromatic N) is 3. The third-order valence-electron chi connectivity index (χ3n) is 2.40. The molecule has 2 N–H and O–H groups in total. The second kappa shape index (κ2) is 5.16. The van der Waals surface area contributed by atoms with Gasteiger partial charge in [-0.25, -0.2) is 9.50 Å². The molecule has 1 atom stereocenters. The van der Waals surface area contributed by atoms with Crippen LogP contribution >= 0.6 is 23.1 Å². The maximum Gasteiger partial charge on any atom is 0.213 e. The standard InChI is InChI=1S/C11H17N3O2S2/c1-11(2,3)8-4-14-9(12-8)18-10(13-14)17-6-7(16)5-15/h4,7,15-16H,5-6H2,1-3H3/t7-/m0/s1. The summed E-state index contributed by atoms with van der Waals surface area (Å²) < 4.78 is 2.63. The zero-order chi connectivity index (χ0) is 13.3. The van der Waals surface area contributed by atoms with Crippen LogP contribution in [0.15, 0.2) is 10.5 Å². The first-order valence-corrected chi connectivity index (χ1v) is 7.49. The highest BCUT2D eigenvalue weighted by atomic mass is 32.2. The van der Waals surface area contributed by atoms with Gasteiger partial charge in [0.2, 0.25) is 4.96 Å². The van der Waals surface area contributed by atoms with Crippen molar-refractivity contribution in [3.63, 3.8) is 0 Å². The van der Waals surface area contributed by atoms with Gasteiger partial charge in [-0.3, -0.25) is 0 Å². The van der Waals surface area contributed by atoms with Gasteiger partial charge in [-0.1, -0.05) is 43.9 Å². The largest absolute Gasteiger partial charge is 0.394 e. The lowest BCUT2D eigenvalue weighted by molar-refractivity contribution is 0.113. The van der Waals surface area contributed by atoms with Crippen LogP contribution in [0.3, 0.4) is 0 Å². The van der Waals surface area contributed by atoms with Gasteiger partial charge in [0.15, 0.2) is 4.34 Å². The Morgan fingerprint density at radius 3 is 2.78 bits per heavy atom. The van der Waals surface area contributed by atoms with E-state index in [1.54, 1.807) is 4.52 Å². The van der Waals surface area contributed by atoms with Crippen LogP contribution in [0.5, 0.6) is 0 Å². The molecule has 0 amide bonds. The van der Waals surface area contributed by atoms with E-state index in [-0.39, 0.29) is 12.0 Å². The van der Waals surface area contributed by atoms with Crippen molar-refractivity contribution in [3.05, 3.63) is 11.9 Å². The lowest BCUT2D eigenvalue weighted by atomic mass is 9.93. The van der Waals surface area contributed by atoms with Crippen molar-refractivity contribution in [2.24, 2.45) is 0 Å². The first kappa shape index (κ1) is 13.8. The fourth-order valence-corrected chi connectivity index (χ4v) is 3.19. The van der Waals surface area contributed by atoms with Gasteiger partial charge < -0.3 is 10.2 Å². The molecule has 0 aliphatic carbocycles. The highest BCUT2D eigenvalue weighted by Crippen LogP contribution is 2.28. The minimum Gasteiger partial charge on any atom is -0.394 e. The van der Waals surface area contributed by atoms with Crippen LogP contribution < -0.4 is 0 Å². The summed E-state index contributed by atoms with van der Waals surface area (Å²) in [5.74, 6) is 0.444. The van der Waals surface area contributed by atoms with Gasteiger partial charge in [0, 0.05) is 11.2 Å². The maximum atomic E-state index is 9.28. The number of imidazole rings is 1. The minimum absolute atomic E-state index is 0.0216. The molecule has 2 aromatic heterocycles. The van der Waals surface area contributed by atoms with Crippen LogP contribution in [0.25, 0.3) is 4.96 Å². The van der Waals surface area contributed by atoms with Crippen molar-refractivity contribution in [3.8, 4) is 0 Å². The van der Waals surface area contributed by atoms with Crippen molar-refractivity contribution in [1.82, 2.24) is 14.6 Å². The van der Waals surface area contributed by atoms with Crippen molar-refractivity contribution >= 4 is 28.1 Å². The van der Waals surface area contributed by atoms with E-state index >= 15 is 0 Å². The number of aliphatic hydroxyl groups excluding tert-OH is 2. The molecule has 0 bridgehead atoms. The average Bonchev–Trinajstić information content (AvgIpc) is 2.82. The fraction of sp³-hybridized carbons (Fsp3) is 0.636. The van der Waals surface area contributed by atoms with Gasteiger partial charge >= 0.3 is 0 Å². The lowest BCUT2D eigenvalue weighted by Crippen LogP contribution is -2.14. The Balaban J connectivity index is 2.12. The second-order valence-corrected chi connectivity index (χ2v) is 7.34. The smallest absolute Gasteiger partial charge is 0.213 e. The van der Waals surface area contributed by atoms with E-state index in [1.807, 2.05) is 6.20 Å². The number of fused-ring (bicyclic) bond motifs is 1. The quantitative estimate of drug-likeness (QED) is 0.835. The van der Waals surface area contributed by atoms with Gasteiger partial charge in [-0.05, 0) is 0 Å². The predicted molar refractivity (Wildman–Crippen MR) is 73.4 cm³/mol. The molecule has 0 aliphatic heterocycles. The third-order valence-corrected chi connectivity index (χ3v) is 4.60. The Morgan fingerprint density at radius 2 is 2.22 bits per heavy atom. The molecule has 0 aliphatic rings. The Bertz CT molecular complexity index is 498. The summed E-state index contributed by atoms with van der Waals surface area (Å²) in [5, 5.41) is 22.4. The molecule has 18 heavy (non-hydrogen) atoms. The normalized spacial score (nSPS) is 14.3. The number of thioether (sulfide) groups is 1. The van der Waals surface area contributed by atoms with E-state index in [4.69, 9.17) is 5.11 Å². The first-order valence-electron chi connectivity index (χ1n) is 5.68. The van der Waals surface area contributed by atoms with Crippen LogP contribution in [0.1, 0.15) is 26.5 Å². The number of hydrogen-bond acceptors (Lipinski definition) is 6. The van der Waals surface area contributed by atoms with Crippen molar-refractivity contribution in [1.29, 1.82) is 0 Å². The molecule has 0 fully saturated rings. The number of hydrogen-bond donors (Lipinski definition) is 2. The molecule has 0 saturated heterocycles. The SMILES string of the molecule is CC(C)(C)c1cn2nc(SC[C@@H](O)CO)sc2n1. The third kappa shape index (κ3) is 3.03. The molecule has 0 saturated carbocycles. The van der Waals surface area contributed by atoms with E-state index in [1.165, 1.54) is 23.1 Å². The number of rotatable bonds is 4. The van der Waals surface area contributed by atoms with E-state index in [0.717, 1.165) is 15.0 Å². The van der Waals surface area contributed by atoms with Gasteiger partial charge in [-0.2, -0.15) is 0 Å². The average molecular weight is 287 g/mol. The highest BCUT2D eigenvalue weighted by Gasteiger charge is 2.19. The zero-order valence-electron chi connectivity index (χ0n) is 10.6. The van der Waals surface area contributed by atoms with Crippen LogP contribution in [0.4, 0.5) is 0 Å². The van der Waals surface area contributed by atoms with E-state index in [0.29, 0.717) is 5.75 Å². The topological polar surface area (TPSA) is 70.7 Å². The fourth-order valence-electron chi connectivity index (χ4n) is 1.32. The molecule has 2 rings (SSSR count). The van der Waals surface area contributed by atoms with Gasteiger partial charge in [0.25, 0.3) is 0 Å². The molecule has 0 radical (unpaired) electrons. The van der Waals surface area contributed by atoms with Crippen molar-refractivity contribution in [2.45, 2.75) is 36.6 Å². The minimum atomic E-state index is -0.698. The molecular formula is C11H17N3O2S2. The molecule has 0 unspecified atom stereocenters. The van der Waals surface area contributed by atoms with Crippen LogP contribution in [0, 0.1) is 0 Å². The maximum absolute atomic E-state index is 9.28. The molecular weight excluding hydrogens is 270 g/mol. The molecule has 0 spiro atoms. The summed E-state index contributed by atoms with van der Waals surface area (Å²) in [7, 11) is 0. The summed E-state index contributed by atoms with van der Waals surface area (Å²) in [4.78, 5) is 5.41. The summed E-state index contributed by atoms with van der Waals surface area (Å²) in [6, 6.07) is 0. The molecule has 2 aromatic rings. The van der Waals surface area contributed by atoms with Gasteiger partial charge in [0.1, 0.15) is 0 Å². The lowest BCUT2D eigenvalue weighted by Gasteiger charge is -2.13. The predicted octanol–water partition coefficient (Wildman–Crippen LogP) is 1.53. The second-order valence-electron chi connectivity index (χ2n) is 5.12. The van der Waals surface area contributed by atoms with E-state index in [9.17, 15) is 5.11 Å². The van der Waals surface area contributed by atoms with Crippen molar-refractivity contribution in [2.75, 3.05) is 12.4 Å². The zero-order valence-corrected chi connectivity index (χ0v) is 12.3. The van der Waals surface area contributed by atoms with E-state index in [2.05, 4.69) is 30.9 Å². The molecule has 0 aromatic carbocycles. The first-order chi connectivity index (χ1) is 8.40. The summed E-state index contributed by atoms with van der Waals surface area (Å²) in [5.41, 5.74) is 1.04. The summed E-state index contributed by atoms with van der Waals surface area (Å²) in [6.45, 7) is 6.13. The molecule has 2 heterocycles. The van der Waals surface area contributed by atoms with E-state index < -0.39 is 6.10 Å². The Hall–Kier alpha value is -0.630. The number of aliphatic hydroxyl groups is 2. The summed E-state index contributed by atoms with van der Waals surface area (Å²) >= 11 is 2.93. The Kier molecular flexibility index (Phi) is 3.96. The van der Waals surface area contributed by atoms with Gasteiger partial charge in [0.05, 0.1) is 24.6 Å². The van der Waals surface area contributed by atoms with Gasteiger partial charge in [-0.15, -0.1) is 5.10 Å². The Morgan fingerprint density at radius 1 is 1.50 bits per heavy atom. The van der Waals surface area contributed by atoms with Crippen molar-refractivity contribution < 1.29 is 10.2 Å². The molecule has 7 heteroatoms. The number of aromatic nitrogens is 3. The molecule has 5 nitrogen and oxygen atoms in total. The van der Waals surface area contributed by atoms with Crippen LogP contribution in [0.2, 0.25) is 0 Å². The van der Waals surface area contributed by atoms with Crippen LogP contribution in [-0.4, -0.2) is 43.3 Å². The summed E-state index contributed by atoms with van der Waals surface area (Å²) in [6.07, 6.45) is 1.25. The molecule has 100 valence electrons. The highest BCUT2D eigenvalue weighted by molar-refractivity contribution is 8.01. The monoisotopic (exact) mass is 287 g/mol. The van der Waals surface area contributed by atoms with Crippen LogP contribution in [-0.2, 0) is 5.41 Å². The Labute approximate surface area is 114 Å².